The van der Waals surface area contributed by atoms with Gasteiger partial charge < -0.3 is 14.6 Å². The van der Waals surface area contributed by atoms with Gasteiger partial charge in [-0.05, 0) is 38.0 Å². The van der Waals surface area contributed by atoms with Crippen molar-refractivity contribution in [1.82, 2.24) is 20.2 Å². The van der Waals surface area contributed by atoms with Crippen molar-refractivity contribution in [2.75, 3.05) is 26.3 Å². The molecule has 0 aromatic carbocycles. The van der Waals surface area contributed by atoms with Crippen LogP contribution < -0.4 is 5.32 Å². The highest BCUT2D eigenvalue weighted by Crippen LogP contribution is 2.37. The summed E-state index contributed by atoms with van der Waals surface area (Å²) in [5, 5.41) is 3.69. The lowest BCUT2D eigenvalue weighted by Gasteiger charge is -2.44. The quantitative estimate of drug-likeness (QED) is 0.859. The van der Waals surface area contributed by atoms with E-state index < -0.39 is 0 Å². The lowest BCUT2D eigenvalue weighted by molar-refractivity contribution is -0.135. The zero-order valence-electron chi connectivity index (χ0n) is 14.5. The van der Waals surface area contributed by atoms with Crippen LogP contribution in [0.25, 0.3) is 0 Å². The first-order valence-corrected chi connectivity index (χ1v) is 9.39. The Morgan fingerprint density at radius 3 is 2.92 bits per heavy atom. The van der Waals surface area contributed by atoms with Gasteiger partial charge in [-0.1, -0.05) is 6.92 Å². The molecule has 1 saturated carbocycles. The summed E-state index contributed by atoms with van der Waals surface area (Å²) in [5.74, 6) is 0.985. The molecule has 2 fully saturated rings. The van der Waals surface area contributed by atoms with Gasteiger partial charge >= 0.3 is 0 Å². The first kappa shape index (κ1) is 16.1. The SMILES string of the molecule is CCCN(CC1CC1)C(=O)[C@@H]1Cc2[nH]cnc2C2(CCOCC2)N1. The molecule has 6 heteroatoms. The third-order valence-electron chi connectivity index (χ3n) is 5.66. The first-order chi connectivity index (χ1) is 11.7. The van der Waals surface area contributed by atoms with Gasteiger partial charge in [-0.2, -0.15) is 0 Å². The smallest absolute Gasteiger partial charge is 0.240 e. The van der Waals surface area contributed by atoms with Crippen LogP contribution in [0.3, 0.4) is 0 Å². The van der Waals surface area contributed by atoms with Gasteiger partial charge in [0.2, 0.25) is 5.91 Å². The molecular formula is C18H28N4O2. The zero-order chi connectivity index (χ0) is 16.6. The number of fused-ring (bicyclic) bond motifs is 2. The van der Waals surface area contributed by atoms with Gasteiger partial charge in [-0.15, -0.1) is 0 Å². The third kappa shape index (κ3) is 2.97. The molecule has 3 heterocycles. The van der Waals surface area contributed by atoms with Crippen LogP contribution in [-0.4, -0.2) is 53.1 Å². The topological polar surface area (TPSA) is 70.2 Å². The summed E-state index contributed by atoms with van der Waals surface area (Å²) in [6, 6.07) is -0.152. The van der Waals surface area contributed by atoms with Crippen molar-refractivity contribution in [3.05, 3.63) is 17.7 Å². The summed E-state index contributed by atoms with van der Waals surface area (Å²) >= 11 is 0. The van der Waals surface area contributed by atoms with Crippen LogP contribution in [0.2, 0.25) is 0 Å². The maximum absolute atomic E-state index is 13.2. The Bertz CT molecular complexity index is 590. The van der Waals surface area contributed by atoms with Gasteiger partial charge in [0.1, 0.15) is 0 Å². The Hall–Kier alpha value is -1.40. The summed E-state index contributed by atoms with van der Waals surface area (Å²) < 4.78 is 5.56. The lowest BCUT2D eigenvalue weighted by atomic mass is 9.80. The number of carbonyl (C=O) groups is 1. The lowest BCUT2D eigenvalue weighted by Crippen LogP contribution is -2.60. The third-order valence-corrected chi connectivity index (χ3v) is 5.66. The van der Waals surface area contributed by atoms with E-state index in [1.54, 1.807) is 6.33 Å². The number of hydrogen-bond acceptors (Lipinski definition) is 4. The average Bonchev–Trinajstić information content (AvgIpc) is 3.28. The molecule has 1 aromatic rings. The Morgan fingerprint density at radius 2 is 2.21 bits per heavy atom. The maximum atomic E-state index is 13.2. The molecule has 1 aromatic heterocycles. The summed E-state index contributed by atoms with van der Waals surface area (Å²) in [6.07, 6.45) is 7.80. The average molecular weight is 332 g/mol. The molecule has 1 atom stereocenters. The second kappa shape index (κ2) is 6.48. The number of aromatic amines is 1. The van der Waals surface area contributed by atoms with E-state index in [1.165, 1.54) is 12.8 Å². The summed E-state index contributed by atoms with van der Waals surface area (Å²) in [7, 11) is 0. The molecule has 6 nitrogen and oxygen atoms in total. The number of imidazole rings is 1. The molecule has 3 aliphatic rings. The van der Waals surface area contributed by atoms with Crippen LogP contribution in [0.15, 0.2) is 6.33 Å². The van der Waals surface area contributed by atoms with E-state index in [4.69, 9.17) is 4.74 Å². The molecule has 132 valence electrons. The number of nitrogens with zero attached hydrogens (tertiary/aromatic N) is 2. The predicted octanol–water partition coefficient (Wildman–Crippen LogP) is 1.58. The molecule has 1 saturated heterocycles. The van der Waals surface area contributed by atoms with Crippen molar-refractivity contribution in [2.45, 2.75) is 57.0 Å². The van der Waals surface area contributed by atoms with Gasteiger partial charge in [-0.3, -0.25) is 10.1 Å². The molecule has 2 aliphatic heterocycles. The van der Waals surface area contributed by atoms with Crippen LogP contribution in [-0.2, 0) is 21.5 Å². The van der Waals surface area contributed by atoms with Crippen molar-refractivity contribution in [1.29, 1.82) is 0 Å². The van der Waals surface area contributed by atoms with E-state index in [-0.39, 0.29) is 17.5 Å². The monoisotopic (exact) mass is 332 g/mol. The normalized spacial score (nSPS) is 25.5. The van der Waals surface area contributed by atoms with Crippen molar-refractivity contribution in [3.63, 3.8) is 0 Å². The van der Waals surface area contributed by atoms with Crippen LogP contribution in [0.1, 0.15) is 50.4 Å². The molecule has 0 bridgehead atoms. The van der Waals surface area contributed by atoms with Crippen molar-refractivity contribution < 1.29 is 9.53 Å². The largest absolute Gasteiger partial charge is 0.381 e. The van der Waals surface area contributed by atoms with Crippen LogP contribution in [0, 0.1) is 5.92 Å². The second-order valence-electron chi connectivity index (χ2n) is 7.55. The number of carbonyl (C=O) groups excluding carboxylic acids is 1. The number of hydrogen-bond donors (Lipinski definition) is 2. The minimum Gasteiger partial charge on any atom is -0.381 e. The number of rotatable bonds is 5. The van der Waals surface area contributed by atoms with Gasteiger partial charge in [-0.25, -0.2) is 4.98 Å². The molecule has 2 N–H and O–H groups in total. The van der Waals surface area contributed by atoms with E-state index in [0.717, 1.165) is 62.9 Å². The fourth-order valence-corrected chi connectivity index (χ4v) is 4.19. The minimum absolute atomic E-state index is 0.152. The maximum Gasteiger partial charge on any atom is 0.240 e. The second-order valence-corrected chi connectivity index (χ2v) is 7.55. The predicted molar refractivity (Wildman–Crippen MR) is 90.5 cm³/mol. The van der Waals surface area contributed by atoms with Crippen molar-refractivity contribution >= 4 is 5.91 Å². The van der Waals surface area contributed by atoms with Gasteiger partial charge in [0.15, 0.2) is 0 Å². The molecular weight excluding hydrogens is 304 g/mol. The van der Waals surface area contributed by atoms with E-state index in [0.29, 0.717) is 6.42 Å². The minimum atomic E-state index is -0.205. The molecule has 4 rings (SSSR count). The van der Waals surface area contributed by atoms with Crippen LogP contribution in [0.4, 0.5) is 0 Å². The molecule has 24 heavy (non-hydrogen) atoms. The van der Waals surface area contributed by atoms with Crippen molar-refractivity contribution in [2.24, 2.45) is 5.92 Å². The molecule has 0 radical (unpaired) electrons. The van der Waals surface area contributed by atoms with E-state index in [2.05, 4.69) is 27.1 Å². The molecule has 1 amide bonds. The molecule has 1 spiro atoms. The molecule has 1 aliphatic carbocycles. The highest BCUT2D eigenvalue weighted by Gasteiger charge is 2.45. The van der Waals surface area contributed by atoms with E-state index in [1.807, 2.05) is 0 Å². The standard InChI is InChI=1S/C18H28N4O2/c1-2-7-22(11-13-3-4-13)17(23)15-10-14-16(20-12-19-14)18(21-15)5-8-24-9-6-18/h12-13,15,21H,2-11H2,1H3,(H,19,20)/t15-/m0/s1. The molecule has 0 unspecified atom stereocenters. The summed E-state index contributed by atoms with van der Waals surface area (Å²) in [5.41, 5.74) is 2.01. The highest BCUT2D eigenvalue weighted by molar-refractivity contribution is 5.82. The van der Waals surface area contributed by atoms with E-state index >= 15 is 0 Å². The number of nitrogens with one attached hydrogen (secondary N) is 2. The number of amides is 1. The Morgan fingerprint density at radius 1 is 1.42 bits per heavy atom. The summed E-state index contributed by atoms with van der Waals surface area (Å²) in [4.78, 5) is 23.1. The van der Waals surface area contributed by atoms with Gasteiger partial charge in [0, 0.05) is 38.4 Å². The van der Waals surface area contributed by atoms with Crippen molar-refractivity contribution in [3.8, 4) is 0 Å². The Kier molecular flexibility index (Phi) is 4.35. The Balaban J connectivity index is 1.56. The number of ether oxygens (including phenoxy) is 1. The fourth-order valence-electron chi connectivity index (χ4n) is 4.19. The first-order valence-electron chi connectivity index (χ1n) is 9.39. The van der Waals surface area contributed by atoms with Crippen LogP contribution in [0.5, 0.6) is 0 Å². The Labute approximate surface area is 143 Å². The number of H-pyrrole nitrogens is 1. The highest BCUT2D eigenvalue weighted by atomic mass is 16.5. The summed E-state index contributed by atoms with van der Waals surface area (Å²) in [6.45, 7) is 5.38. The fraction of sp³-hybridized carbons (Fsp3) is 0.778. The van der Waals surface area contributed by atoms with Crippen LogP contribution >= 0.6 is 0 Å². The van der Waals surface area contributed by atoms with Gasteiger partial charge in [0.05, 0.1) is 23.6 Å². The van der Waals surface area contributed by atoms with E-state index in [9.17, 15) is 4.79 Å². The number of aromatic nitrogens is 2. The zero-order valence-corrected chi connectivity index (χ0v) is 14.5. The van der Waals surface area contributed by atoms with Gasteiger partial charge in [0.25, 0.3) is 0 Å².